The molecule has 0 fully saturated rings. The van der Waals surface area contributed by atoms with E-state index in [2.05, 4.69) is 41.2 Å². The molecule has 1 atom stereocenters. The molecule has 1 aromatic heterocycles. The topological polar surface area (TPSA) is 37.4 Å². The Morgan fingerprint density at radius 3 is 2.67 bits per heavy atom. The molecule has 0 aliphatic rings. The number of pyridine rings is 1. The number of methoxy groups -OCH3 is 1. The van der Waals surface area contributed by atoms with Crippen molar-refractivity contribution in [2.24, 2.45) is 0 Å². The molecule has 0 spiro atoms. The molecule has 0 aliphatic carbocycles. The van der Waals surface area contributed by atoms with E-state index in [4.69, 9.17) is 17.0 Å². The number of para-hydroxylation sites is 1. The fourth-order valence-corrected chi connectivity index (χ4v) is 2.94. The van der Waals surface area contributed by atoms with Gasteiger partial charge in [-0.3, -0.25) is 4.98 Å². The molecule has 0 bridgehead atoms. The molecule has 0 aliphatic heterocycles. The lowest BCUT2D eigenvalue weighted by atomic mass is 10.1. The summed E-state index contributed by atoms with van der Waals surface area (Å²) in [5.74, 6) is 0. The van der Waals surface area contributed by atoms with E-state index in [0.717, 1.165) is 17.8 Å². The molecule has 128 valence electrons. The van der Waals surface area contributed by atoms with Gasteiger partial charge in [-0.05, 0) is 49.3 Å². The third-order valence-corrected chi connectivity index (χ3v) is 4.36. The maximum Gasteiger partial charge on any atom is 0.174 e. The Bertz CT molecular complexity index is 648. The summed E-state index contributed by atoms with van der Waals surface area (Å²) in [5, 5.41) is 4.08. The monoisotopic (exact) mass is 343 g/mol. The molecule has 2 rings (SSSR count). The molecule has 1 heterocycles. The smallest absolute Gasteiger partial charge is 0.174 e. The van der Waals surface area contributed by atoms with Crippen molar-refractivity contribution in [2.75, 3.05) is 25.6 Å². The van der Waals surface area contributed by atoms with Crippen LogP contribution in [-0.4, -0.2) is 35.3 Å². The number of ether oxygens (including phenoxy) is 1. The molecule has 0 amide bonds. The summed E-state index contributed by atoms with van der Waals surface area (Å²) in [6, 6.07) is 14.2. The van der Waals surface area contributed by atoms with E-state index >= 15 is 0 Å². The summed E-state index contributed by atoms with van der Waals surface area (Å²) < 4.78 is 5.25. The zero-order valence-corrected chi connectivity index (χ0v) is 15.3. The standard InChI is InChI=1S/C19H25N3OS/c1-4-16-9-5-6-11-18(16)21-19(24)22(13-14-23-3)15(2)17-10-7-8-12-20-17/h5-12,15H,4,13-14H2,1-3H3,(H,21,24)/t15-/m0/s1. The van der Waals surface area contributed by atoms with Gasteiger partial charge >= 0.3 is 0 Å². The van der Waals surface area contributed by atoms with Crippen LogP contribution >= 0.6 is 12.2 Å². The lowest BCUT2D eigenvalue weighted by molar-refractivity contribution is 0.164. The fraction of sp³-hybridized carbons (Fsp3) is 0.368. The Labute approximate surface area is 149 Å². The van der Waals surface area contributed by atoms with Crippen LogP contribution in [0, 0.1) is 0 Å². The molecule has 1 N–H and O–H groups in total. The lowest BCUT2D eigenvalue weighted by Crippen LogP contribution is -2.39. The van der Waals surface area contributed by atoms with Crippen molar-refractivity contribution in [3.05, 3.63) is 59.9 Å². The van der Waals surface area contributed by atoms with Gasteiger partial charge in [0.25, 0.3) is 0 Å². The van der Waals surface area contributed by atoms with Crippen molar-refractivity contribution in [2.45, 2.75) is 26.3 Å². The number of hydrogen-bond acceptors (Lipinski definition) is 3. The number of rotatable bonds is 7. The first-order valence-corrected chi connectivity index (χ1v) is 8.63. The molecule has 5 heteroatoms. The number of thiocarbonyl (C=S) groups is 1. The number of anilines is 1. The first-order valence-electron chi connectivity index (χ1n) is 8.22. The average molecular weight is 343 g/mol. The number of nitrogens with one attached hydrogen (secondary N) is 1. The third-order valence-electron chi connectivity index (χ3n) is 4.02. The van der Waals surface area contributed by atoms with Crippen LogP contribution in [0.1, 0.15) is 31.1 Å². The van der Waals surface area contributed by atoms with Crippen molar-refractivity contribution in [3.63, 3.8) is 0 Å². The number of nitrogens with zero attached hydrogens (tertiary/aromatic N) is 2. The van der Waals surface area contributed by atoms with Crippen molar-refractivity contribution in [1.82, 2.24) is 9.88 Å². The molecule has 0 saturated heterocycles. The summed E-state index contributed by atoms with van der Waals surface area (Å²) in [6.07, 6.45) is 2.77. The van der Waals surface area contributed by atoms with Crippen LogP contribution in [0.25, 0.3) is 0 Å². The van der Waals surface area contributed by atoms with Crippen LogP contribution in [0.5, 0.6) is 0 Å². The van der Waals surface area contributed by atoms with Gasteiger partial charge in [0.2, 0.25) is 0 Å². The molecular weight excluding hydrogens is 318 g/mol. The maximum absolute atomic E-state index is 5.69. The summed E-state index contributed by atoms with van der Waals surface area (Å²) >= 11 is 5.69. The zero-order valence-electron chi connectivity index (χ0n) is 14.5. The van der Waals surface area contributed by atoms with Crippen molar-refractivity contribution in [1.29, 1.82) is 0 Å². The van der Waals surface area contributed by atoms with Gasteiger partial charge in [0.1, 0.15) is 0 Å². The van der Waals surface area contributed by atoms with Crippen LogP contribution in [-0.2, 0) is 11.2 Å². The van der Waals surface area contributed by atoms with Gasteiger partial charge in [-0.1, -0.05) is 31.2 Å². The SMILES string of the molecule is CCc1ccccc1NC(=S)N(CCOC)[C@@H](C)c1ccccn1. The Morgan fingerprint density at radius 2 is 2.00 bits per heavy atom. The molecule has 2 aromatic rings. The first kappa shape index (κ1) is 18.4. The van der Waals surface area contributed by atoms with Crippen molar-refractivity contribution in [3.8, 4) is 0 Å². The molecule has 0 radical (unpaired) electrons. The molecule has 24 heavy (non-hydrogen) atoms. The van der Waals surface area contributed by atoms with E-state index in [1.54, 1.807) is 7.11 Å². The molecular formula is C19H25N3OS. The van der Waals surface area contributed by atoms with Gasteiger partial charge < -0.3 is 15.0 Å². The van der Waals surface area contributed by atoms with Crippen LogP contribution < -0.4 is 5.32 Å². The van der Waals surface area contributed by atoms with Crippen LogP contribution in [0.2, 0.25) is 0 Å². The summed E-state index contributed by atoms with van der Waals surface area (Å²) in [6.45, 7) is 5.56. The van der Waals surface area contributed by atoms with Gasteiger partial charge in [0.05, 0.1) is 18.3 Å². The quantitative estimate of drug-likeness (QED) is 0.768. The summed E-state index contributed by atoms with van der Waals surface area (Å²) in [4.78, 5) is 6.58. The Kier molecular flexibility index (Phi) is 7.15. The molecule has 4 nitrogen and oxygen atoms in total. The van der Waals surface area contributed by atoms with Gasteiger partial charge in [-0.2, -0.15) is 0 Å². The highest BCUT2D eigenvalue weighted by Crippen LogP contribution is 2.21. The second-order valence-electron chi connectivity index (χ2n) is 5.56. The molecule has 1 aromatic carbocycles. The molecule has 0 saturated carbocycles. The minimum absolute atomic E-state index is 0.0649. The van der Waals surface area contributed by atoms with Gasteiger partial charge in [0.15, 0.2) is 5.11 Å². The number of benzene rings is 1. The van der Waals surface area contributed by atoms with Crippen LogP contribution in [0.3, 0.4) is 0 Å². The second-order valence-corrected chi connectivity index (χ2v) is 5.94. The first-order chi connectivity index (χ1) is 11.7. The predicted octanol–water partition coefficient (Wildman–Crippen LogP) is 4.05. The predicted molar refractivity (Wildman–Crippen MR) is 103 cm³/mol. The highest BCUT2D eigenvalue weighted by atomic mass is 32.1. The average Bonchev–Trinajstić information content (AvgIpc) is 2.63. The van der Waals surface area contributed by atoms with Crippen LogP contribution in [0.15, 0.2) is 48.7 Å². The normalized spacial score (nSPS) is 11.8. The fourth-order valence-electron chi connectivity index (χ4n) is 2.58. The highest BCUT2D eigenvalue weighted by Gasteiger charge is 2.20. The number of aromatic nitrogens is 1. The van der Waals surface area contributed by atoms with Gasteiger partial charge in [-0.15, -0.1) is 0 Å². The van der Waals surface area contributed by atoms with E-state index in [-0.39, 0.29) is 6.04 Å². The number of aryl methyl sites for hydroxylation is 1. The Balaban J connectivity index is 2.18. The van der Waals surface area contributed by atoms with E-state index in [1.165, 1.54) is 5.56 Å². The highest BCUT2D eigenvalue weighted by molar-refractivity contribution is 7.80. The molecule has 0 unspecified atom stereocenters. The van der Waals surface area contributed by atoms with Gasteiger partial charge in [0, 0.05) is 25.5 Å². The van der Waals surface area contributed by atoms with E-state index < -0.39 is 0 Å². The zero-order chi connectivity index (χ0) is 17.4. The number of hydrogen-bond donors (Lipinski definition) is 1. The maximum atomic E-state index is 5.69. The summed E-state index contributed by atoms with van der Waals surface area (Å²) in [7, 11) is 1.70. The van der Waals surface area contributed by atoms with Gasteiger partial charge in [-0.25, -0.2) is 0 Å². The van der Waals surface area contributed by atoms with E-state index in [0.29, 0.717) is 18.3 Å². The lowest BCUT2D eigenvalue weighted by Gasteiger charge is -2.31. The largest absolute Gasteiger partial charge is 0.383 e. The summed E-state index contributed by atoms with van der Waals surface area (Å²) in [5.41, 5.74) is 3.29. The van der Waals surface area contributed by atoms with Crippen LogP contribution in [0.4, 0.5) is 5.69 Å². The van der Waals surface area contributed by atoms with Crippen molar-refractivity contribution < 1.29 is 4.74 Å². The minimum atomic E-state index is 0.0649. The van der Waals surface area contributed by atoms with E-state index in [9.17, 15) is 0 Å². The second kappa shape index (κ2) is 9.35. The third kappa shape index (κ3) is 4.76. The Morgan fingerprint density at radius 1 is 1.25 bits per heavy atom. The van der Waals surface area contributed by atoms with Crippen molar-refractivity contribution >= 4 is 23.0 Å². The minimum Gasteiger partial charge on any atom is -0.383 e. The Hall–Kier alpha value is -1.98. The van der Waals surface area contributed by atoms with E-state index in [1.807, 2.05) is 36.5 Å².